The number of fused-ring (bicyclic) bond motifs is 2. The lowest BCUT2D eigenvalue weighted by molar-refractivity contribution is 0.177. The molecule has 0 saturated carbocycles. The largest absolute Gasteiger partial charge is 0.497 e. The molecule has 0 bridgehead atoms. The van der Waals surface area contributed by atoms with Crippen LogP contribution >= 0.6 is 0 Å². The summed E-state index contributed by atoms with van der Waals surface area (Å²) in [5, 5.41) is 3.10. The lowest BCUT2D eigenvalue weighted by Gasteiger charge is -2.38. The number of hydrogen-bond acceptors (Lipinski definition) is 7. The Balaban J connectivity index is 0.980. The molecule has 2 saturated heterocycles. The zero-order valence-corrected chi connectivity index (χ0v) is 24.3. The van der Waals surface area contributed by atoms with E-state index >= 15 is 0 Å². The zero-order chi connectivity index (χ0) is 28.6. The zero-order valence-electron chi connectivity index (χ0n) is 24.3. The van der Waals surface area contributed by atoms with E-state index in [1.54, 1.807) is 13.4 Å². The number of urea groups is 1. The molecule has 2 amide bonds. The maximum atomic E-state index is 13.1. The van der Waals surface area contributed by atoms with Gasteiger partial charge in [-0.3, -0.25) is 0 Å². The minimum Gasteiger partial charge on any atom is -0.497 e. The first-order valence-corrected chi connectivity index (χ1v) is 14.9. The maximum Gasteiger partial charge on any atom is 0.322 e. The van der Waals surface area contributed by atoms with Crippen molar-refractivity contribution in [2.45, 2.75) is 45.1 Å². The molecule has 1 N–H and O–H groups in total. The van der Waals surface area contributed by atoms with Crippen molar-refractivity contribution in [3.63, 3.8) is 0 Å². The summed E-state index contributed by atoms with van der Waals surface area (Å²) >= 11 is 0. The first-order valence-electron chi connectivity index (χ1n) is 14.9. The van der Waals surface area contributed by atoms with Crippen molar-refractivity contribution in [3.05, 3.63) is 70.6 Å². The molecule has 9 nitrogen and oxygen atoms in total. The van der Waals surface area contributed by atoms with Gasteiger partial charge >= 0.3 is 6.03 Å². The number of benzene rings is 2. The van der Waals surface area contributed by atoms with Crippen molar-refractivity contribution in [3.8, 4) is 17.4 Å². The van der Waals surface area contributed by atoms with Gasteiger partial charge in [-0.1, -0.05) is 11.6 Å². The number of aromatic nitrogens is 2. The van der Waals surface area contributed by atoms with Crippen LogP contribution in [0, 0.1) is 12.8 Å². The third-order valence-corrected chi connectivity index (χ3v) is 9.14. The molecule has 2 aromatic carbocycles. The molecule has 0 spiro atoms. The second-order valence-corrected chi connectivity index (χ2v) is 11.7. The number of piperidine rings is 1. The van der Waals surface area contributed by atoms with E-state index in [9.17, 15) is 4.79 Å². The van der Waals surface area contributed by atoms with Crippen LogP contribution in [0.15, 0.2) is 48.3 Å². The van der Waals surface area contributed by atoms with E-state index in [4.69, 9.17) is 14.2 Å². The monoisotopic (exact) mass is 567 g/mol. The van der Waals surface area contributed by atoms with Gasteiger partial charge in [0.15, 0.2) is 0 Å². The van der Waals surface area contributed by atoms with Crippen LogP contribution in [0.25, 0.3) is 6.08 Å². The maximum absolute atomic E-state index is 13.1. The molecule has 1 unspecified atom stereocenters. The molecule has 1 aliphatic carbocycles. The molecule has 1 atom stereocenters. The number of rotatable bonds is 6. The summed E-state index contributed by atoms with van der Waals surface area (Å²) in [6.45, 7) is 6.14. The lowest BCUT2D eigenvalue weighted by Crippen LogP contribution is -2.49. The Hall–Kier alpha value is -4.11. The molecule has 2 fully saturated rings. The molecule has 3 aromatic rings. The highest BCUT2D eigenvalue weighted by Gasteiger charge is 2.31. The lowest BCUT2D eigenvalue weighted by atomic mass is 9.97. The number of aryl methyl sites for hydroxylation is 1. The second kappa shape index (κ2) is 11.3. The van der Waals surface area contributed by atoms with E-state index in [0.717, 1.165) is 87.0 Å². The van der Waals surface area contributed by atoms with Crippen molar-refractivity contribution in [1.29, 1.82) is 0 Å². The summed E-state index contributed by atoms with van der Waals surface area (Å²) in [6, 6.07) is 12.1. The molecule has 7 rings (SSSR count). The van der Waals surface area contributed by atoms with Crippen LogP contribution in [0.2, 0.25) is 0 Å². The average molecular weight is 568 g/mol. The van der Waals surface area contributed by atoms with Crippen LogP contribution in [-0.2, 0) is 17.6 Å². The highest BCUT2D eigenvalue weighted by atomic mass is 16.5. The number of carbonyl (C=O) groups excluding carboxylic acids is 1. The summed E-state index contributed by atoms with van der Waals surface area (Å²) in [4.78, 5) is 26.3. The fourth-order valence-corrected chi connectivity index (χ4v) is 6.78. The Morgan fingerprint density at radius 1 is 1.00 bits per heavy atom. The molecule has 4 aliphatic rings. The van der Waals surface area contributed by atoms with E-state index in [1.807, 2.05) is 29.2 Å². The average Bonchev–Trinajstić information content (AvgIpc) is 3.66. The Bertz CT molecular complexity index is 1520. The second-order valence-electron chi connectivity index (χ2n) is 11.7. The fourth-order valence-electron chi connectivity index (χ4n) is 6.78. The summed E-state index contributed by atoms with van der Waals surface area (Å²) in [5.41, 5.74) is 7.29. The SMILES string of the molecule is COc1ccc2c(c1)CCN(C1CCN(c3cc(Oc4cc(C)c5c(c4)CC(C4CCOC4)=C5)ncn3)CC1)C(=O)N2. The molecule has 42 heavy (non-hydrogen) atoms. The first kappa shape index (κ1) is 26.8. The van der Waals surface area contributed by atoms with Gasteiger partial charge in [0.25, 0.3) is 0 Å². The number of anilines is 2. The summed E-state index contributed by atoms with van der Waals surface area (Å²) in [6.07, 6.45) is 8.54. The van der Waals surface area contributed by atoms with E-state index in [0.29, 0.717) is 18.3 Å². The molecule has 9 heteroatoms. The number of amides is 2. The highest BCUT2D eigenvalue weighted by molar-refractivity contribution is 5.91. The van der Waals surface area contributed by atoms with Gasteiger partial charge in [-0.2, -0.15) is 0 Å². The van der Waals surface area contributed by atoms with Crippen molar-refractivity contribution < 1.29 is 19.0 Å². The number of methoxy groups -OCH3 is 1. The third-order valence-electron chi connectivity index (χ3n) is 9.14. The van der Waals surface area contributed by atoms with Gasteiger partial charge in [-0.25, -0.2) is 14.8 Å². The molecule has 3 aliphatic heterocycles. The first-order chi connectivity index (χ1) is 20.5. The quantitative estimate of drug-likeness (QED) is 0.414. The van der Waals surface area contributed by atoms with Crippen molar-refractivity contribution in [1.82, 2.24) is 14.9 Å². The van der Waals surface area contributed by atoms with Gasteiger partial charge in [0.05, 0.1) is 13.7 Å². The van der Waals surface area contributed by atoms with Crippen molar-refractivity contribution in [2.24, 2.45) is 5.92 Å². The number of nitrogens with zero attached hydrogens (tertiary/aromatic N) is 4. The predicted molar refractivity (Wildman–Crippen MR) is 162 cm³/mol. The molecular weight excluding hydrogens is 530 g/mol. The van der Waals surface area contributed by atoms with Crippen LogP contribution in [0.1, 0.15) is 41.5 Å². The Morgan fingerprint density at radius 2 is 1.86 bits per heavy atom. The number of nitrogens with one attached hydrogen (secondary N) is 1. The minimum atomic E-state index is -0.0291. The highest BCUT2D eigenvalue weighted by Crippen LogP contribution is 2.38. The fraction of sp³-hybridized carbons (Fsp3) is 0.424. The van der Waals surface area contributed by atoms with Gasteiger partial charge in [0, 0.05) is 50.0 Å². The number of hydrogen-bond donors (Lipinski definition) is 1. The molecule has 218 valence electrons. The summed E-state index contributed by atoms with van der Waals surface area (Å²) in [7, 11) is 1.66. The van der Waals surface area contributed by atoms with Gasteiger partial charge in [0.2, 0.25) is 5.88 Å². The van der Waals surface area contributed by atoms with Crippen LogP contribution in [-0.4, -0.2) is 66.9 Å². The Labute approximate surface area is 246 Å². The molecular formula is C33H37N5O4. The van der Waals surface area contributed by atoms with Gasteiger partial charge in [-0.15, -0.1) is 0 Å². The van der Waals surface area contributed by atoms with E-state index in [2.05, 4.69) is 45.3 Å². The van der Waals surface area contributed by atoms with E-state index in [1.165, 1.54) is 22.3 Å². The Kier molecular flexibility index (Phi) is 7.19. The molecule has 4 heterocycles. The van der Waals surface area contributed by atoms with Gasteiger partial charge in [-0.05, 0) is 91.6 Å². The standard InChI is InChI=1S/C33H37N5O4/c1-21-13-28(16-25-14-24(17-29(21)25)23-8-12-41-19-23)42-32-18-31(34-20-35-32)37-9-6-26(7-10-37)38-11-5-22-15-27(40-2)3-4-30(22)36-33(38)39/h3-4,13,15-18,20,23,26H,5-12,14,19H2,1-2H3,(H,36,39). The Morgan fingerprint density at radius 3 is 2.67 bits per heavy atom. The third kappa shape index (κ3) is 5.29. The predicted octanol–water partition coefficient (Wildman–Crippen LogP) is 5.62. The van der Waals surface area contributed by atoms with Gasteiger partial charge < -0.3 is 29.3 Å². The molecule has 0 radical (unpaired) electrons. The van der Waals surface area contributed by atoms with Crippen LogP contribution in [0.5, 0.6) is 17.4 Å². The van der Waals surface area contributed by atoms with Crippen LogP contribution < -0.4 is 19.7 Å². The topological polar surface area (TPSA) is 89.1 Å². The summed E-state index contributed by atoms with van der Waals surface area (Å²) in [5.74, 6) is 3.53. The van der Waals surface area contributed by atoms with Crippen LogP contribution in [0.4, 0.5) is 16.3 Å². The number of ether oxygens (including phenoxy) is 3. The summed E-state index contributed by atoms with van der Waals surface area (Å²) < 4.78 is 17.3. The van der Waals surface area contributed by atoms with E-state index < -0.39 is 0 Å². The van der Waals surface area contributed by atoms with E-state index in [-0.39, 0.29) is 12.1 Å². The normalized spacial score (nSPS) is 20.5. The van der Waals surface area contributed by atoms with Gasteiger partial charge in [0.1, 0.15) is 23.6 Å². The van der Waals surface area contributed by atoms with Crippen molar-refractivity contribution in [2.75, 3.05) is 50.2 Å². The minimum absolute atomic E-state index is 0.0291. The smallest absolute Gasteiger partial charge is 0.322 e. The molecule has 1 aromatic heterocycles. The van der Waals surface area contributed by atoms with Crippen molar-refractivity contribution >= 4 is 23.6 Å². The van der Waals surface area contributed by atoms with Crippen LogP contribution in [0.3, 0.4) is 0 Å². The number of carbonyl (C=O) groups is 1.